The highest BCUT2D eigenvalue weighted by atomic mass is 35.5. The Bertz CT molecular complexity index is 1830. The van der Waals surface area contributed by atoms with Gasteiger partial charge in [-0.1, -0.05) is 29.8 Å². The lowest BCUT2D eigenvalue weighted by Crippen LogP contribution is -2.47. The molecular formula is C32H29ClF2N6O3. The molecule has 4 heterocycles. The third-order valence-corrected chi connectivity index (χ3v) is 8.69. The quantitative estimate of drug-likeness (QED) is 0.408. The lowest BCUT2D eigenvalue weighted by atomic mass is 10.1. The molecule has 1 aliphatic carbocycles. The molecule has 0 amide bonds. The van der Waals surface area contributed by atoms with Crippen LogP contribution in [0.15, 0.2) is 71.1 Å². The average Bonchev–Trinajstić information content (AvgIpc) is 3.46. The van der Waals surface area contributed by atoms with Crippen molar-refractivity contribution in [2.75, 3.05) is 55.6 Å². The fourth-order valence-corrected chi connectivity index (χ4v) is 6.59. The zero-order valence-electron chi connectivity index (χ0n) is 23.7. The number of hydrogen-bond donors (Lipinski definition) is 1. The summed E-state index contributed by atoms with van der Waals surface area (Å²) in [5.41, 5.74) is -0.262. The molecule has 1 N–H and O–H groups in total. The first-order valence-electron chi connectivity index (χ1n) is 14.4. The van der Waals surface area contributed by atoms with Gasteiger partial charge in [0.2, 0.25) is 5.43 Å². The molecule has 0 saturated carbocycles. The van der Waals surface area contributed by atoms with Gasteiger partial charge in [0.25, 0.3) is 0 Å². The van der Waals surface area contributed by atoms with Crippen LogP contribution in [0.25, 0.3) is 10.9 Å². The highest BCUT2D eigenvalue weighted by molar-refractivity contribution is 6.38. The maximum absolute atomic E-state index is 16.0. The number of halogens is 3. The van der Waals surface area contributed by atoms with Crippen molar-refractivity contribution in [3.63, 3.8) is 0 Å². The van der Waals surface area contributed by atoms with Gasteiger partial charge < -0.3 is 19.5 Å². The second kappa shape index (κ2) is 12.2. The smallest absolute Gasteiger partial charge is 0.341 e. The van der Waals surface area contributed by atoms with E-state index >= 15 is 8.78 Å². The Morgan fingerprint density at radius 3 is 2.57 bits per heavy atom. The van der Waals surface area contributed by atoms with E-state index in [-0.39, 0.29) is 21.6 Å². The van der Waals surface area contributed by atoms with Gasteiger partial charge in [0.05, 0.1) is 27.2 Å². The van der Waals surface area contributed by atoms with Crippen LogP contribution >= 0.6 is 11.6 Å². The number of anilines is 2. The van der Waals surface area contributed by atoms with E-state index in [1.54, 1.807) is 35.4 Å². The van der Waals surface area contributed by atoms with Crippen molar-refractivity contribution in [1.82, 2.24) is 14.5 Å². The summed E-state index contributed by atoms with van der Waals surface area (Å²) in [6.07, 6.45) is 11.4. The van der Waals surface area contributed by atoms with Gasteiger partial charge in [0.15, 0.2) is 0 Å². The number of nitriles is 1. The monoisotopic (exact) mass is 618 g/mol. The molecule has 1 aromatic carbocycles. The van der Waals surface area contributed by atoms with E-state index in [0.717, 1.165) is 43.8 Å². The van der Waals surface area contributed by atoms with E-state index in [1.165, 1.54) is 10.6 Å². The van der Waals surface area contributed by atoms with Gasteiger partial charge in [-0.25, -0.2) is 18.6 Å². The van der Waals surface area contributed by atoms with Crippen LogP contribution in [0.1, 0.15) is 34.8 Å². The highest BCUT2D eigenvalue weighted by Gasteiger charge is 2.29. The number of hydrogen-bond acceptors (Lipinski definition) is 7. The molecule has 12 heteroatoms. The number of fused-ring (bicyclic) bond motifs is 1. The number of benzene rings is 1. The maximum atomic E-state index is 16.0. The molecule has 3 aromatic rings. The molecule has 3 aliphatic rings. The summed E-state index contributed by atoms with van der Waals surface area (Å²) >= 11 is 6.90. The number of piperazine rings is 1. The molecule has 2 aromatic heterocycles. The third kappa shape index (κ3) is 5.47. The van der Waals surface area contributed by atoms with Gasteiger partial charge in [0.1, 0.15) is 35.1 Å². The molecule has 0 radical (unpaired) electrons. The van der Waals surface area contributed by atoms with Crippen molar-refractivity contribution in [2.24, 2.45) is 0 Å². The van der Waals surface area contributed by atoms with E-state index in [4.69, 9.17) is 11.6 Å². The number of likely N-dealkylation sites (tertiary alicyclic amines) is 1. The van der Waals surface area contributed by atoms with Gasteiger partial charge in [-0.15, -0.1) is 0 Å². The summed E-state index contributed by atoms with van der Waals surface area (Å²) in [4.78, 5) is 35.5. The van der Waals surface area contributed by atoms with Gasteiger partial charge in [-0.2, -0.15) is 5.26 Å². The second-order valence-corrected chi connectivity index (χ2v) is 11.4. The van der Waals surface area contributed by atoms with Crippen LogP contribution in [0.2, 0.25) is 5.02 Å². The molecule has 1 unspecified atom stereocenters. The Morgan fingerprint density at radius 2 is 1.86 bits per heavy atom. The fraction of sp³-hybridized carbons (Fsp3) is 0.312. The summed E-state index contributed by atoms with van der Waals surface area (Å²) in [6.45, 7) is 3.92. The largest absolute Gasteiger partial charge is 0.477 e. The van der Waals surface area contributed by atoms with Crippen molar-refractivity contribution < 1.29 is 18.7 Å². The third-order valence-electron chi connectivity index (χ3n) is 8.33. The van der Waals surface area contributed by atoms with E-state index < -0.39 is 34.6 Å². The first-order chi connectivity index (χ1) is 21.3. The molecule has 0 bridgehead atoms. The number of carboxylic acids is 1. The van der Waals surface area contributed by atoms with Crippen LogP contribution in [0.3, 0.4) is 0 Å². The summed E-state index contributed by atoms with van der Waals surface area (Å²) in [5.74, 6) is -2.33. The first kappa shape index (κ1) is 29.5. The van der Waals surface area contributed by atoms with Gasteiger partial charge in [0, 0.05) is 45.1 Å². The minimum atomic E-state index is -1.51. The van der Waals surface area contributed by atoms with Crippen LogP contribution < -0.4 is 15.2 Å². The zero-order chi connectivity index (χ0) is 31.0. The van der Waals surface area contributed by atoms with Crippen molar-refractivity contribution in [1.29, 1.82) is 5.26 Å². The van der Waals surface area contributed by atoms with Crippen molar-refractivity contribution in [2.45, 2.75) is 18.9 Å². The number of aromatic carboxylic acids is 1. The minimum absolute atomic E-state index is 0.0337. The lowest BCUT2D eigenvalue weighted by Gasteiger charge is -2.37. The molecule has 1 atom stereocenters. The average molecular weight is 619 g/mol. The first-order valence-corrected chi connectivity index (χ1v) is 14.8. The standard InChI is InChI=1S/C32H29ClF2N6O3/c33-27-28-22(16-25(35)29(27)39-11-13-40(14-12-39)31-21(17-36)6-4-8-37-31)30(42)23(32(43)44)19-41(28)26-7-3-5-20(15-24(26)34)18-38-9-1-2-10-38/h3-8,15-16,19,26H,1-2,9-14,18H2,(H,43,44). The second-order valence-electron chi connectivity index (χ2n) is 11.0. The zero-order valence-corrected chi connectivity index (χ0v) is 24.5. The number of carbonyl (C=O) groups is 1. The molecule has 0 spiro atoms. The molecule has 9 nitrogen and oxygen atoms in total. The van der Waals surface area contributed by atoms with Crippen LogP contribution in [0.4, 0.5) is 20.3 Å². The SMILES string of the molecule is N#Cc1cccnc1N1CCN(c2c(F)cc3c(=O)c(C(=O)O)cn(C4C=CC=C(CN5CCCC5)C=C4F)c3c2Cl)CC1. The number of nitrogens with zero attached hydrogens (tertiary/aromatic N) is 6. The molecule has 2 aliphatic heterocycles. The van der Waals surface area contributed by atoms with Crippen LogP contribution in [0.5, 0.6) is 0 Å². The van der Waals surface area contributed by atoms with Crippen LogP contribution in [-0.2, 0) is 0 Å². The number of pyridine rings is 2. The Balaban J connectivity index is 1.40. The molecule has 226 valence electrons. The fourth-order valence-electron chi connectivity index (χ4n) is 6.18. The Kier molecular flexibility index (Phi) is 8.21. The van der Waals surface area contributed by atoms with Gasteiger partial charge >= 0.3 is 5.97 Å². The molecule has 2 fully saturated rings. The number of rotatable bonds is 6. The normalized spacial score (nSPS) is 19.1. The van der Waals surface area contributed by atoms with E-state index in [2.05, 4.69) is 16.0 Å². The summed E-state index contributed by atoms with van der Waals surface area (Å²) in [5, 5.41) is 18.9. The Hall–Kier alpha value is -4.53. The van der Waals surface area contributed by atoms with E-state index in [1.807, 2.05) is 11.0 Å². The maximum Gasteiger partial charge on any atom is 0.341 e. The summed E-state index contributed by atoms with van der Waals surface area (Å²) in [7, 11) is 0. The summed E-state index contributed by atoms with van der Waals surface area (Å²) in [6, 6.07) is 5.37. The van der Waals surface area contributed by atoms with Crippen molar-refractivity contribution in [3.8, 4) is 6.07 Å². The van der Waals surface area contributed by atoms with Gasteiger partial charge in [-0.05, 0) is 55.8 Å². The van der Waals surface area contributed by atoms with E-state index in [9.17, 15) is 20.0 Å². The predicted octanol–water partition coefficient (Wildman–Crippen LogP) is 5.07. The van der Waals surface area contributed by atoms with Crippen molar-refractivity contribution >= 4 is 40.0 Å². The number of aromatic nitrogens is 2. The lowest BCUT2D eigenvalue weighted by molar-refractivity contribution is 0.0694. The molecular weight excluding hydrogens is 590 g/mol. The highest BCUT2D eigenvalue weighted by Crippen LogP contribution is 2.39. The molecule has 44 heavy (non-hydrogen) atoms. The predicted molar refractivity (Wildman–Crippen MR) is 165 cm³/mol. The van der Waals surface area contributed by atoms with Crippen LogP contribution in [-0.4, -0.2) is 71.3 Å². The Labute approximate surface area is 257 Å². The van der Waals surface area contributed by atoms with Crippen molar-refractivity contribution in [3.05, 3.63) is 98.5 Å². The van der Waals surface area contributed by atoms with Gasteiger partial charge in [-0.3, -0.25) is 9.69 Å². The number of allylic oxidation sites excluding steroid dienone is 4. The number of carboxylic acid groups (broad SMARTS) is 1. The minimum Gasteiger partial charge on any atom is -0.477 e. The molecule has 6 rings (SSSR count). The Morgan fingerprint density at radius 1 is 1.14 bits per heavy atom. The van der Waals surface area contributed by atoms with E-state index in [0.29, 0.717) is 44.1 Å². The summed E-state index contributed by atoms with van der Waals surface area (Å²) < 4.78 is 33.0. The van der Waals surface area contributed by atoms with Crippen LogP contribution in [0, 0.1) is 17.1 Å². The molecule has 2 saturated heterocycles. The topological polar surface area (TPSA) is 106 Å².